The number of hydrogen-bond donors (Lipinski definition) is 0. The van der Waals surface area contributed by atoms with Crippen molar-refractivity contribution in [2.24, 2.45) is 0 Å². The van der Waals surface area contributed by atoms with Gasteiger partial charge in [-0.15, -0.1) is 0 Å². The predicted octanol–water partition coefficient (Wildman–Crippen LogP) is 5.75. The first-order valence-corrected chi connectivity index (χ1v) is 8.85. The Balaban J connectivity index is 1.73. The van der Waals surface area contributed by atoms with Gasteiger partial charge in [-0.1, -0.05) is 50.1 Å². The Morgan fingerprint density at radius 1 is 1.04 bits per heavy atom. The summed E-state index contributed by atoms with van der Waals surface area (Å²) in [5.74, 6) is 0.0609. The van der Waals surface area contributed by atoms with Crippen molar-refractivity contribution in [2.45, 2.75) is 45.4 Å². The second-order valence-corrected chi connectivity index (χ2v) is 6.52. The van der Waals surface area contributed by atoms with Crippen LogP contribution in [-0.4, -0.2) is 7.11 Å². The number of unbranched alkanes of at least 4 members (excludes halogenated alkanes) is 2. The third-order valence-corrected chi connectivity index (χ3v) is 4.82. The molecule has 0 unspecified atom stereocenters. The van der Waals surface area contributed by atoms with E-state index in [0.29, 0.717) is 5.75 Å². The second-order valence-electron chi connectivity index (χ2n) is 6.52. The average molecular weight is 324 g/mol. The van der Waals surface area contributed by atoms with E-state index < -0.39 is 0 Å². The first-order chi connectivity index (χ1) is 11.7. The van der Waals surface area contributed by atoms with Gasteiger partial charge in [0, 0.05) is 0 Å². The smallest absolute Gasteiger partial charge is 0.165 e. The SMILES string of the molecule is CCCCCc1ccc(C2=CCc3cc(OC)c(F)cc3C2)cc1. The van der Waals surface area contributed by atoms with E-state index in [0.717, 1.165) is 30.4 Å². The van der Waals surface area contributed by atoms with Crippen LogP contribution in [0.25, 0.3) is 5.57 Å². The molecule has 2 aromatic carbocycles. The molecule has 0 heterocycles. The minimum absolute atomic E-state index is 0.274. The number of methoxy groups -OCH3 is 1. The number of aryl methyl sites for hydroxylation is 1. The number of ether oxygens (including phenoxy) is 1. The Morgan fingerprint density at radius 2 is 1.83 bits per heavy atom. The summed E-state index contributed by atoms with van der Waals surface area (Å²) in [5, 5.41) is 0. The Labute approximate surface area is 144 Å². The van der Waals surface area contributed by atoms with Gasteiger partial charge in [-0.2, -0.15) is 0 Å². The van der Waals surface area contributed by atoms with Crippen LogP contribution in [0.4, 0.5) is 4.39 Å². The molecule has 3 rings (SSSR count). The maximum Gasteiger partial charge on any atom is 0.165 e. The normalized spacial score (nSPS) is 13.4. The van der Waals surface area contributed by atoms with E-state index in [1.165, 1.54) is 43.1 Å². The fraction of sp³-hybridized carbons (Fsp3) is 0.364. The van der Waals surface area contributed by atoms with Crippen LogP contribution >= 0.6 is 0 Å². The molecule has 0 aromatic heterocycles. The van der Waals surface area contributed by atoms with Gasteiger partial charge in [-0.25, -0.2) is 4.39 Å². The van der Waals surface area contributed by atoms with Crippen molar-refractivity contribution >= 4 is 5.57 Å². The van der Waals surface area contributed by atoms with Crippen LogP contribution in [0.2, 0.25) is 0 Å². The zero-order chi connectivity index (χ0) is 16.9. The number of allylic oxidation sites excluding steroid dienone is 2. The molecule has 1 aliphatic rings. The third-order valence-electron chi connectivity index (χ3n) is 4.82. The summed E-state index contributed by atoms with van der Waals surface area (Å²) < 4.78 is 19.0. The molecular weight excluding hydrogens is 299 g/mol. The van der Waals surface area contributed by atoms with Crippen molar-refractivity contribution in [3.05, 3.63) is 70.5 Å². The van der Waals surface area contributed by atoms with Crippen LogP contribution in [0.1, 0.15) is 48.4 Å². The topological polar surface area (TPSA) is 9.23 Å². The zero-order valence-electron chi connectivity index (χ0n) is 14.6. The third kappa shape index (κ3) is 3.69. The monoisotopic (exact) mass is 324 g/mol. The summed E-state index contributed by atoms with van der Waals surface area (Å²) >= 11 is 0. The maximum atomic E-state index is 14.0. The lowest BCUT2D eigenvalue weighted by molar-refractivity contribution is 0.385. The highest BCUT2D eigenvalue weighted by atomic mass is 19.1. The molecule has 0 amide bonds. The van der Waals surface area contributed by atoms with Crippen molar-refractivity contribution in [3.8, 4) is 5.75 Å². The maximum absolute atomic E-state index is 14.0. The lowest BCUT2D eigenvalue weighted by Gasteiger charge is -2.19. The number of halogens is 1. The van der Waals surface area contributed by atoms with Crippen molar-refractivity contribution in [3.63, 3.8) is 0 Å². The molecule has 0 N–H and O–H groups in total. The molecule has 2 aromatic rings. The first-order valence-electron chi connectivity index (χ1n) is 8.85. The van der Waals surface area contributed by atoms with Crippen molar-refractivity contribution in [1.29, 1.82) is 0 Å². The number of rotatable bonds is 6. The Hall–Kier alpha value is -2.09. The van der Waals surface area contributed by atoms with Crippen molar-refractivity contribution < 1.29 is 9.13 Å². The minimum Gasteiger partial charge on any atom is -0.494 e. The Bertz CT molecular complexity index is 728. The van der Waals surface area contributed by atoms with E-state index in [1.807, 2.05) is 6.07 Å². The zero-order valence-corrected chi connectivity index (χ0v) is 14.6. The molecule has 0 bridgehead atoms. The van der Waals surface area contributed by atoms with E-state index >= 15 is 0 Å². The largest absolute Gasteiger partial charge is 0.494 e. The molecule has 126 valence electrons. The molecule has 0 aliphatic heterocycles. The molecule has 2 heteroatoms. The van der Waals surface area contributed by atoms with Gasteiger partial charge in [0.1, 0.15) is 0 Å². The summed E-state index contributed by atoms with van der Waals surface area (Å²) in [5.41, 5.74) is 6.16. The Morgan fingerprint density at radius 3 is 2.54 bits per heavy atom. The number of fused-ring (bicyclic) bond motifs is 1. The van der Waals surface area contributed by atoms with Crippen molar-refractivity contribution in [1.82, 2.24) is 0 Å². The van der Waals surface area contributed by atoms with Gasteiger partial charge < -0.3 is 4.74 Å². The van der Waals surface area contributed by atoms with Gasteiger partial charge in [0.2, 0.25) is 0 Å². The summed E-state index contributed by atoms with van der Waals surface area (Å²) in [6, 6.07) is 12.3. The summed E-state index contributed by atoms with van der Waals surface area (Å²) in [4.78, 5) is 0. The van der Waals surface area contributed by atoms with Gasteiger partial charge in [0.05, 0.1) is 7.11 Å². The van der Waals surface area contributed by atoms with E-state index in [1.54, 1.807) is 6.07 Å². The summed E-state index contributed by atoms with van der Waals surface area (Å²) in [6.07, 6.45) is 8.83. The molecule has 0 atom stereocenters. The summed E-state index contributed by atoms with van der Waals surface area (Å²) in [6.45, 7) is 2.23. The lowest BCUT2D eigenvalue weighted by atomic mass is 9.87. The fourth-order valence-electron chi connectivity index (χ4n) is 3.34. The standard InChI is InChI=1S/C22H25FO/c1-3-4-5-6-16-7-9-17(10-8-16)18-11-12-19-15-22(24-2)21(23)14-20(19)13-18/h7-11,14-15H,3-6,12-13H2,1-2H3. The quantitative estimate of drug-likeness (QED) is 0.615. The van der Waals surface area contributed by atoms with Gasteiger partial charge in [0.15, 0.2) is 11.6 Å². The number of hydrogen-bond acceptors (Lipinski definition) is 1. The van der Waals surface area contributed by atoms with Gasteiger partial charge >= 0.3 is 0 Å². The first kappa shape index (κ1) is 16.8. The van der Waals surface area contributed by atoms with Crippen LogP contribution in [0, 0.1) is 5.82 Å². The van der Waals surface area contributed by atoms with E-state index in [4.69, 9.17) is 4.74 Å². The highest BCUT2D eigenvalue weighted by Crippen LogP contribution is 2.31. The highest BCUT2D eigenvalue weighted by molar-refractivity contribution is 5.71. The fourth-order valence-corrected chi connectivity index (χ4v) is 3.34. The minimum atomic E-state index is -0.274. The number of benzene rings is 2. The van der Waals surface area contributed by atoms with Crippen LogP contribution in [0.15, 0.2) is 42.5 Å². The lowest BCUT2D eigenvalue weighted by Crippen LogP contribution is -2.05. The van der Waals surface area contributed by atoms with E-state index in [2.05, 4.69) is 37.3 Å². The van der Waals surface area contributed by atoms with E-state index in [-0.39, 0.29) is 5.82 Å². The van der Waals surface area contributed by atoms with Gasteiger partial charge in [-0.05, 0) is 65.6 Å². The molecule has 1 nitrogen and oxygen atoms in total. The molecule has 0 saturated heterocycles. The molecule has 0 saturated carbocycles. The average Bonchev–Trinajstić information content (AvgIpc) is 2.61. The van der Waals surface area contributed by atoms with Gasteiger partial charge in [-0.3, -0.25) is 0 Å². The second kappa shape index (κ2) is 7.65. The molecule has 0 fully saturated rings. The van der Waals surface area contributed by atoms with E-state index in [9.17, 15) is 4.39 Å². The molecule has 0 spiro atoms. The van der Waals surface area contributed by atoms with Crippen LogP contribution in [0.3, 0.4) is 0 Å². The summed E-state index contributed by atoms with van der Waals surface area (Å²) in [7, 11) is 1.51. The van der Waals surface area contributed by atoms with Crippen LogP contribution < -0.4 is 4.74 Å². The van der Waals surface area contributed by atoms with Crippen molar-refractivity contribution in [2.75, 3.05) is 7.11 Å². The molecule has 1 aliphatic carbocycles. The highest BCUT2D eigenvalue weighted by Gasteiger charge is 2.16. The van der Waals surface area contributed by atoms with Crippen LogP contribution in [0.5, 0.6) is 5.75 Å². The molecule has 24 heavy (non-hydrogen) atoms. The van der Waals surface area contributed by atoms with Gasteiger partial charge in [0.25, 0.3) is 0 Å². The predicted molar refractivity (Wildman–Crippen MR) is 98.0 cm³/mol. The van der Waals surface area contributed by atoms with Crippen LogP contribution in [-0.2, 0) is 19.3 Å². The molecule has 0 radical (unpaired) electrons. The Kier molecular flexibility index (Phi) is 5.34. The molecular formula is C22H25FO.